The van der Waals surface area contributed by atoms with E-state index in [0.29, 0.717) is 22.8 Å². The van der Waals surface area contributed by atoms with Crippen LogP contribution < -0.4 is 10.6 Å². The Labute approximate surface area is 123 Å². The van der Waals surface area contributed by atoms with Crippen molar-refractivity contribution >= 4 is 23.2 Å². The Morgan fingerprint density at radius 2 is 2.30 bits per heavy atom. The molecule has 0 aromatic heterocycles. The van der Waals surface area contributed by atoms with Gasteiger partial charge in [0.15, 0.2) is 0 Å². The molecule has 0 saturated carbocycles. The van der Waals surface area contributed by atoms with Gasteiger partial charge in [-0.2, -0.15) is 5.26 Å². The summed E-state index contributed by atoms with van der Waals surface area (Å²) in [5.74, 6) is -0.108. The lowest BCUT2D eigenvalue weighted by Crippen LogP contribution is -2.35. The Kier molecular flexibility index (Phi) is 5.36. The molecule has 106 valence electrons. The number of rotatable bonds is 3. The third kappa shape index (κ3) is 4.20. The first-order chi connectivity index (χ1) is 9.69. The molecule has 1 saturated heterocycles. The Morgan fingerprint density at radius 3 is 3.10 bits per heavy atom. The second-order valence-electron chi connectivity index (χ2n) is 4.73. The lowest BCUT2D eigenvalue weighted by atomic mass is 10.2. The fraction of sp³-hybridized carbons (Fsp3) is 0.429. The van der Waals surface area contributed by atoms with Crippen LogP contribution in [-0.2, 0) is 4.79 Å². The number of carbonyl (C=O) groups is 1. The fourth-order valence-electron chi connectivity index (χ4n) is 2.14. The number of benzene rings is 1. The molecule has 6 heteroatoms. The molecule has 1 aliphatic heterocycles. The third-order valence-corrected chi connectivity index (χ3v) is 3.50. The van der Waals surface area contributed by atoms with Crippen LogP contribution in [0.1, 0.15) is 12.0 Å². The zero-order valence-electron chi connectivity index (χ0n) is 11.2. The molecule has 0 spiro atoms. The van der Waals surface area contributed by atoms with E-state index in [4.69, 9.17) is 16.9 Å². The first kappa shape index (κ1) is 14.8. The number of nitriles is 1. The van der Waals surface area contributed by atoms with Crippen molar-refractivity contribution in [2.24, 2.45) is 0 Å². The van der Waals surface area contributed by atoms with Crippen LogP contribution in [0, 0.1) is 11.3 Å². The van der Waals surface area contributed by atoms with E-state index >= 15 is 0 Å². The number of carbonyl (C=O) groups excluding carboxylic acids is 1. The standard InChI is InChI=1S/C14H17ClN4O/c15-12-3-2-11(9-16)8-13(12)18-14(20)10-19-6-1-4-17-5-7-19/h2-3,8,17H,1,4-7,10H2,(H,18,20). The van der Waals surface area contributed by atoms with Gasteiger partial charge in [-0.15, -0.1) is 0 Å². The van der Waals surface area contributed by atoms with E-state index in [1.807, 2.05) is 6.07 Å². The summed E-state index contributed by atoms with van der Waals surface area (Å²) in [6.45, 7) is 4.01. The monoisotopic (exact) mass is 292 g/mol. The largest absolute Gasteiger partial charge is 0.324 e. The Bertz CT molecular complexity index is 518. The van der Waals surface area contributed by atoms with E-state index in [1.54, 1.807) is 18.2 Å². The number of halogens is 1. The van der Waals surface area contributed by atoms with Crippen LogP contribution in [-0.4, -0.2) is 43.5 Å². The molecule has 5 nitrogen and oxygen atoms in total. The molecule has 1 heterocycles. The van der Waals surface area contributed by atoms with Crippen molar-refractivity contribution in [3.63, 3.8) is 0 Å². The van der Waals surface area contributed by atoms with Gasteiger partial charge in [0.1, 0.15) is 0 Å². The van der Waals surface area contributed by atoms with Crippen LogP contribution in [0.25, 0.3) is 0 Å². The highest BCUT2D eigenvalue weighted by Crippen LogP contribution is 2.22. The second-order valence-corrected chi connectivity index (χ2v) is 5.14. The average Bonchev–Trinajstić information content (AvgIpc) is 2.70. The maximum Gasteiger partial charge on any atom is 0.238 e. The fourth-order valence-corrected chi connectivity index (χ4v) is 2.31. The van der Waals surface area contributed by atoms with E-state index in [9.17, 15) is 4.79 Å². The highest BCUT2D eigenvalue weighted by atomic mass is 35.5. The molecule has 20 heavy (non-hydrogen) atoms. The topological polar surface area (TPSA) is 68.2 Å². The van der Waals surface area contributed by atoms with Gasteiger partial charge in [0, 0.05) is 13.1 Å². The molecule has 0 atom stereocenters. The lowest BCUT2D eigenvalue weighted by Gasteiger charge is -2.18. The number of anilines is 1. The third-order valence-electron chi connectivity index (χ3n) is 3.17. The minimum atomic E-state index is -0.108. The Balaban J connectivity index is 1.95. The van der Waals surface area contributed by atoms with Gasteiger partial charge >= 0.3 is 0 Å². The highest BCUT2D eigenvalue weighted by molar-refractivity contribution is 6.33. The minimum Gasteiger partial charge on any atom is -0.324 e. The van der Waals surface area contributed by atoms with Crippen molar-refractivity contribution in [3.05, 3.63) is 28.8 Å². The van der Waals surface area contributed by atoms with Gasteiger partial charge in [0.25, 0.3) is 0 Å². The Hall–Kier alpha value is -1.61. The first-order valence-corrected chi connectivity index (χ1v) is 6.99. The summed E-state index contributed by atoms with van der Waals surface area (Å²) in [6, 6.07) is 6.86. The summed E-state index contributed by atoms with van der Waals surface area (Å²) in [5.41, 5.74) is 0.965. The van der Waals surface area contributed by atoms with Gasteiger partial charge in [0.05, 0.1) is 28.9 Å². The predicted molar refractivity (Wildman–Crippen MR) is 78.7 cm³/mol. The molecule has 0 radical (unpaired) electrons. The van der Waals surface area contributed by atoms with Crippen LogP contribution in [0.5, 0.6) is 0 Å². The Morgan fingerprint density at radius 1 is 1.45 bits per heavy atom. The molecule has 0 bridgehead atoms. The molecular weight excluding hydrogens is 276 g/mol. The number of amides is 1. The number of nitrogens with zero attached hydrogens (tertiary/aromatic N) is 2. The summed E-state index contributed by atoms with van der Waals surface area (Å²) >= 11 is 6.02. The summed E-state index contributed by atoms with van der Waals surface area (Å²) in [7, 11) is 0. The van der Waals surface area contributed by atoms with Crippen LogP contribution in [0.3, 0.4) is 0 Å². The smallest absolute Gasteiger partial charge is 0.238 e. The average molecular weight is 293 g/mol. The number of nitrogens with one attached hydrogen (secondary N) is 2. The van der Waals surface area contributed by atoms with E-state index < -0.39 is 0 Å². The summed E-state index contributed by atoms with van der Waals surface area (Å²) in [4.78, 5) is 14.1. The van der Waals surface area contributed by atoms with E-state index in [2.05, 4.69) is 15.5 Å². The van der Waals surface area contributed by atoms with Crippen LogP contribution in [0.2, 0.25) is 5.02 Å². The molecular formula is C14H17ClN4O. The molecule has 1 aliphatic rings. The molecule has 2 rings (SSSR count). The van der Waals surface area contributed by atoms with Crippen LogP contribution in [0.15, 0.2) is 18.2 Å². The van der Waals surface area contributed by atoms with Crippen LogP contribution in [0.4, 0.5) is 5.69 Å². The molecule has 1 amide bonds. The van der Waals surface area contributed by atoms with Gasteiger partial charge in [-0.3, -0.25) is 9.69 Å². The van der Waals surface area contributed by atoms with Gasteiger partial charge in [0.2, 0.25) is 5.91 Å². The van der Waals surface area contributed by atoms with Crippen molar-refractivity contribution in [2.75, 3.05) is 38.0 Å². The van der Waals surface area contributed by atoms with E-state index in [-0.39, 0.29) is 5.91 Å². The van der Waals surface area contributed by atoms with Crippen molar-refractivity contribution in [1.82, 2.24) is 10.2 Å². The van der Waals surface area contributed by atoms with Crippen molar-refractivity contribution in [1.29, 1.82) is 5.26 Å². The normalized spacial score (nSPS) is 16.2. The second kappa shape index (κ2) is 7.25. The molecule has 1 aromatic rings. The molecule has 1 aromatic carbocycles. The number of hydrogen-bond donors (Lipinski definition) is 2. The van der Waals surface area contributed by atoms with Crippen molar-refractivity contribution < 1.29 is 4.79 Å². The van der Waals surface area contributed by atoms with Gasteiger partial charge in [-0.1, -0.05) is 11.6 Å². The van der Waals surface area contributed by atoms with Gasteiger partial charge in [-0.05, 0) is 37.7 Å². The molecule has 1 fully saturated rings. The van der Waals surface area contributed by atoms with Crippen molar-refractivity contribution in [2.45, 2.75) is 6.42 Å². The zero-order chi connectivity index (χ0) is 14.4. The maximum atomic E-state index is 12.0. The SMILES string of the molecule is N#Cc1ccc(Cl)c(NC(=O)CN2CCCNCC2)c1. The highest BCUT2D eigenvalue weighted by Gasteiger charge is 2.13. The summed E-state index contributed by atoms with van der Waals surface area (Å²) in [6.07, 6.45) is 1.04. The summed E-state index contributed by atoms with van der Waals surface area (Å²) in [5, 5.41) is 15.4. The molecule has 0 unspecified atom stereocenters. The van der Waals surface area contributed by atoms with E-state index in [1.165, 1.54) is 0 Å². The maximum absolute atomic E-state index is 12.0. The van der Waals surface area contributed by atoms with E-state index in [0.717, 1.165) is 32.6 Å². The summed E-state index contributed by atoms with van der Waals surface area (Å²) < 4.78 is 0. The predicted octanol–water partition coefficient (Wildman–Crippen LogP) is 1.45. The minimum absolute atomic E-state index is 0.108. The first-order valence-electron chi connectivity index (χ1n) is 6.61. The van der Waals surface area contributed by atoms with Gasteiger partial charge in [-0.25, -0.2) is 0 Å². The zero-order valence-corrected chi connectivity index (χ0v) is 11.9. The lowest BCUT2D eigenvalue weighted by molar-refractivity contribution is -0.117. The van der Waals surface area contributed by atoms with Gasteiger partial charge < -0.3 is 10.6 Å². The molecule has 2 N–H and O–H groups in total. The molecule has 0 aliphatic carbocycles. The van der Waals surface area contributed by atoms with Crippen LogP contribution >= 0.6 is 11.6 Å². The van der Waals surface area contributed by atoms with Crippen molar-refractivity contribution in [3.8, 4) is 6.07 Å². The number of hydrogen-bond acceptors (Lipinski definition) is 4. The quantitative estimate of drug-likeness (QED) is 0.885.